The minimum absolute atomic E-state index is 0.141. The molecule has 9 heteroatoms. The fraction of sp³-hybridized carbons (Fsp3) is 0.444. The second-order valence-electron chi connectivity index (χ2n) is 6.46. The number of amides is 2. The number of carbonyl (C=O) groups is 2. The first-order valence-corrected chi connectivity index (χ1v) is 9.85. The molecule has 1 fully saturated rings. The van der Waals surface area contributed by atoms with Gasteiger partial charge in [0.1, 0.15) is 5.82 Å². The van der Waals surface area contributed by atoms with Gasteiger partial charge in [-0.15, -0.1) is 10.2 Å². The summed E-state index contributed by atoms with van der Waals surface area (Å²) in [6.07, 6.45) is 2.90. The number of primary amides is 2. The SMILES string of the molecule is NC(=O)CCc1nnc(SCc2ccc(C(N)=O)cc2)n1CC1CCCO1. The molecule has 1 unspecified atom stereocenters. The number of benzene rings is 1. The lowest BCUT2D eigenvalue weighted by molar-refractivity contribution is -0.118. The van der Waals surface area contributed by atoms with E-state index in [1.807, 2.05) is 16.7 Å². The van der Waals surface area contributed by atoms with E-state index in [1.165, 1.54) is 0 Å². The third kappa shape index (κ3) is 5.30. The van der Waals surface area contributed by atoms with Crippen molar-refractivity contribution in [1.29, 1.82) is 0 Å². The molecule has 2 aromatic rings. The summed E-state index contributed by atoms with van der Waals surface area (Å²) in [5.74, 6) is 0.629. The van der Waals surface area contributed by atoms with E-state index in [9.17, 15) is 9.59 Å². The zero-order chi connectivity index (χ0) is 19.2. The van der Waals surface area contributed by atoms with Crippen molar-refractivity contribution >= 4 is 23.6 Å². The predicted molar refractivity (Wildman–Crippen MR) is 101 cm³/mol. The zero-order valence-electron chi connectivity index (χ0n) is 15.0. The number of rotatable bonds is 9. The third-order valence-corrected chi connectivity index (χ3v) is 5.44. The Labute approximate surface area is 161 Å². The molecule has 0 bridgehead atoms. The van der Waals surface area contributed by atoms with Gasteiger partial charge in [-0.3, -0.25) is 9.59 Å². The molecule has 1 aliphatic rings. The van der Waals surface area contributed by atoms with Crippen molar-refractivity contribution in [2.45, 2.75) is 49.2 Å². The Bertz CT molecular complexity index is 800. The smallest absolute Gasteiger partial charge is 0.248 e. The van der Waals surface area contributed by atoms with Gasteiger partial charge < -0.3 is 20.8 Å². The van der Waals surface area contributed by atoms with Gasteiger partial charge in [0.2, 0.25) is 11.8 Å². The van der Waals surface area contributed by atoms with Crippen LogP contribution in [0.2, 0.25) is 0 Å². The quantitative estimate of drug-likeness (QED) is 0.622. The molecule has 1 aromatic heterocycles. The van der Waals surface area contributed by atoms with Crippen LogP contribution in [-0.4, -0.2) is 39.3 Å². The summed E-state index contributed by atoms with van der Waals surface area (Å²) in [6, 6.07) is 7.19. The van der Waals surface area contributed by atoms with E-state index >= 15 is 0 Å². The lowest BCUT2D eigenvalue weighted by atomic mass is 10.1. The van der Waals surface area contributed by atoms with Crippen molar-refractivity contribution in [1.82, 2.24) is 14.8 Å². The molecule has 3 rings (SSSR count). The van der Waals surface area contributed by atoms with Gasteiger partial charge >= 0.3 is 0 Å². The molecule has 1 aliphatic heterocycles. The maximum Gasteiger partial charge on any atom is 0.248 e. The first-order valence-electron chi connectivity index (χ1n) is 8.86. The Kier molecular flexibility index (Phi) is 6.46. The number of hydrogen-bond acceptors (Lipinski definition) is 6. The Hall–Kier alpha value is -2.39. The van der Waals surface area contributed by atoms with E-state index in [1.54, 1.807) is 23.9 Å². The average Bonchev–Trinajstić information content (AvgIpc) is 3.29. The molecule has 0 saturated carbocycles. The van der Waals surface area contributed by atoms with Gasteiger partial charge in [-0.2, -0.15) is 0 Å². The topological polar surface area (TPSA) is 126 Å². The molecule has 0 aliphatic carbocycles. The number of aryl methyl sites for hydroxylation is 1. The van der Waals surface area contributed by atoms with Gasteiger partial charge in [0.05, 0.1) is 12.6 Å². The molecule has 144 valence electrons. The molecule has 4 N–H and O–H groups in total. The lowest BCUT2D eigenvalue weighted by Crippen LogP contribution is -2.19. The minimum Gasteiger partial charge on any atom is -0.376 e. The summed E-state index contributed by atoms with van der Waals surface area (Å²) in [7, 11) is 0. The largest absolute Gasteiger partial charge is 0.376 e. The van der Waals surface area contributed by atoms with Crippen LogP contribution in [0.15, 0.2) is 29.4 Å². The van der Waals surface area contributed by atoms with Gasteiger partial charge in [-0.25, -0.2) is 0 Å². The van der Waals surface area contributed by atoms with E-state index in [2.05, 4.69) is 10.2 Å². The van der Waals surface area contributed by atoms with Crippen LogP contribution in [-0.2, 0) is 28.2 Å². The highest BCUT2D eigenvalue weighted by Crippen LogP contribution is 2.25. The fourth-order valence-electron chi connectivity index (χ4n) is 2.93. The molecule has 0 spiro atoms. The van der Waals surface area contributed by atoms with Crippen molar-refractivity contribution in [3.8, 4) is 0 Å². The number of thioether (sulfide) groups is 1. The Balaban J connectivity index is 1.70. The Morgan fingerprint density at radius 2 is 2.00 bits per heavy atom. The van der Waals surface area contributed by atoms with Crippen LogP contribution in [0.5, 0.6) is 0 Å². The van der Waals surface area contributed by atoms with Crippen molar-refractivity contribution in [2.75, 3.05) is 6.61 Å². The standard InChI is InChI=1S/C18H23N5O3S/c19-15(24)7-8-16-21-22-18(23(16)10-14-2-1-9-26-14)27-11-12-3-5-13(6-4-12)17(20)25/h3-6,14H,1-2,7-11H2,(H2,19,24)(H2,20,25). The highest BCUT2D eigenvalue weighted by atomic mass is 32.2. The molecule has 0 radical (unpaired) electrons. The predicted octanol–water partition coefficient (Wildman–Crippen LogP) is 1.27. The number of carbonyl (C=O) groups excluding carboxylic acids is 2. The van der Waals surface area contributed by atoms with Gasteiger partial charge in [0.15, 0.2) is 5.16 Å². The zero-order valence-corrected chi connectivity index (χ0v) is 15.8. The van der Waals surface area contributed by atoms with Crippen LogP contribution in [0.3, 0.4) is 0 Å². The lowest BCUT2D eigenvalue weighted by Gasteiger charge is -2.14. The van der Waals surface area contributed by atoms with Crippen LogP contribution >= 0.6 is 11.8 Å². The molecule has 8 nitrogen and oxygen atoms in total. The molecular formula is C18H23N5O3S. The van der Waals surface area contributed by atoms with Crippen molar-refractivity contribution in [3.05, 3.63) is 41.2 Å². The van der Waals surface area contributed by atoms with Crippen LogP contribution in [0.4, 0.5) is 0 Å². The summed E-state index contributed by atoms with van der Waals surface area (Å²) in [5.41, 5.74) is 12.1. The van der Waals surface area contributed by atoms with Crippen molar-refractivity contribution < 1.29 is 14.3 Å². The number of nitrogens with zero attached hydrogens (tertiary/aromatic N) is 3. The molecule has 2 amide bonds. The molecular weight excluding hydrogens is 366 g/mol. The van der Waals surface area contributed by atoms with Crippen LogP contribution in [0, 0.1) is 0 Å². The summed E-state index contributed by atoms with van der Waals surface area (Å²) in [4.78, 5) is 22.3. The second-order valence-corrected chi connectivity index (χ2v) is 7.40. The number of nitrogens with two attached hydrogens (primary N) is 2. The Morgan fingerprint density at radius 3 is 2.63 bits per heavy atom. The minimum atomic E-state index is -0.440. The Morgan fingerprint density at radius 1 is 1.22 bits per heavy atom. The molecule has 1 atom stereocenters. The maximum atomic E-state index is 11.2. The maximum absolute atomic E-state index is 11.2. The summed E-state index contributed by atoms with van der Waals surface area (Å²) >= 11 is 1.55. The second kappa shape index (κ2) is 9.01. The molecule has 27 heavy (non-hydrogen) atoms. The molecule has 1 saturated heterocycles. The highest BCUT2D eigenvalue weighted by Gasteiger charge is 2.21. The van der Waals surface area contributed by atoms with Crippen molar-refractivity contribution in [2.24, 2.45) is 11.5 Å². The summed E-state index contributed by atoms with van der Waals surface area (Å²) in [6.45, 7) is 1.45. The van der Waals surface area contributed by atoms with E-state index in [0.29, 0.717) is 24.3 Å². The van der Waals surface area contributed by atoms with E-state index in [4.69, 9.17) is 16.2 Å². The van der Waals surface area contributed by atoms with Crippen LogP contribution in [0.1, 0.15) is 41.0 Å². The first kappa shape index (κ1) is 19.4. The van der Waals surface area contributed by atoms with E-state index in [0.717, 1.165) is 36.0 Å². The summed E-state index contributed by atoms with van der Waals surface area (Å²) in [5, 5.41) is 9.32. The van der Waals surface area contributed by atoms with E-state index < -0.39 is 5.91 Å². The number of ether oxygens (including phenoxy) is 1. The first-order chi connectivity index (χ1) is 13.0. The van der Waals surface area contributed by atoms with Gasteiger partial charge in [0, 0.05) is 30.8 Å². The summed E-state index contributed by atoms with van der Waals surface area (Å²) < 4.78 is 7.77. The van der Waals surface area contributed by atoms with Crippen LogP contribution < -0.4 is 11.5 Å². The van der Waals surface area contributed by atoms with Gasteiger partial charge in [-0.05, 0) is 30.5 Å². The number of hydrogen-bond donors (Lipinski definition) is 2. The number of aromatic nitrogens is 3. The van der Waals surface area contributed by atoms with Crippen molar-refractivity contribution in [3.63, 3.8) is 0 Å². The van der Waals surface area contributed by atoms with Gasteiger partial charge in [0.25, 0.3) is 0 Å². The third-order valence-electron chi connectivity index (χ3n) is 4.41. The molecule has 1 aromatic carbocycles. The van der Waals surface area contributed by atoms with Gasteiger partial charge in [-0.1, -0.05) is 23.9 Å². The van der Waals surface area contributed by atoms with E-state index in [-0.39, 0.29) is 18.4 Å². The van der Waals surface area contributed by atoms with Crippen LogP contribution in [0.25, 0.3) is 0 Å². The normalized spacial score (nSPS) is 16.5. The fourth-order valence-corrected chi connectivity index (χ4v) is 3.86. The highest BCUT2D eigenvalue weighted by molar-refractivity contribution is 7.98. The monoisotopic (exact) mass is 389 g/mol. The average molecular weight is 389 g/mol. The molecule has 2 heterocycles.